The molecule has 5 nitrogen and oxygen atoms in total. The fourth-order valence-electron chi connectivity index (χ4n) is 2.21. The second-order valence-corrected chi connectivity index (χ2v) is 4.25. The van der Waals surface area contributed by atoms with Crippen LogP contribution in [-0.4, -0.2) is 35.7 Å². The van der Waals surface area contributed by atoms with E-state index in [4.69, 9.17) is 14.6 Å². The first-order valence-corrected chi connectivity index (χ1v) is 5.82. The van der Waals surface area contributed by atoms with Crippen LogP contribution in [-0.2, 0) is 14.3 Å². The van der Waals surface area contributed by atoms with Gasteiger partial charge in [0.1, 0.15) is 11.3 Å². The maximum Gasteiger partial charge on any atom is 0.340 e. The lowest BCUT2D eigenvalue weighted by Crippen LogP contribution is -2.40. The third kappa shape index (κ3) is 2.07. The molecule has 2 N–H and O–H groups in total. The predicted molar refractivity (Wildman–Crippen MR) is 64.0 cm³/mol. The Kier molecular flexibility index (Phi) is 3.54. The summed E-state index contributed by atoms with van der Waals surface area (Å²) in [6.45, 7) is 2.00. The Bertz CT molecular complexity index is 446. The lowest BCUT2D eigenvalue weighted by atomic mass is 9.87. The smallest absolute Gasteiger partial charge is 0.340 e. The number of ether oxygens (including phenoxy) is 2. The SMILES string of the molecule is CCC1=CC2C(O)=C(C(=O)O)C(OC)OC2C=C1. The number of carbonyl (C=O) groups is 1. The van der Waals surface area contributed by atoms with E-state index >= 15 is 0 Å². The van der Waals surface area contributed by atoms with Crippen LogP contribution in [0.3, 0.4) is 0 Å². The number of methoxy groups -OCH3 is 1. The zero-order chi connectivity index (χ0) is 13.3. The lowest BCUT2D eigenvalue weighted by Gasteiger charge is -2.34. The van der Waals surface area contributed by atoms with Gasteiger partial charge in [0.05, 0.1) is 12.0 Å². The van der Waals surface area contributed by atoms with Gasteiger partial charge in [0.15, 0.2) is 6.29 Å². The number of hydrogen-bond acceptors (Lipinski definition) is 4. The van der Waals surface area contributed by atoms with Crippen molar-refractivity contribution in [1.29, 1.82) is 0 Å². The van der Waals surface area contributed by atoms with Crippen LogP contribution < -0.4 is 0 Å². The molecule has 1 aliphatic heterocycles. The maximum atomic E-state index is 11.1. The van der Waals surface area contributed by atoms with Gasteiger partial charge in [0.25, 0.3) is 0 Å². The van der Waals surface area contributed by atoms with Crippen molar-refractivity contribution >= 4 is 5.97 Å². The monoisotopic (exact) mass is 252 g/mol. The molecule has 98 valence electrons. The number of carboxylic acids is 1. The van der Waals surface area contributed by atoms with Crippen molar-refractivity contribution in [3.05, 3.63) is 35.1 Å². The van der Waals surface area contributed by atoms with Crippen molar-refractivity contribution in [3.8, 4) is 0 Å². The maximum absolute atomic E-state index is 11.1. The third-order valence-corrected chi connectivity index (χ3v) is 3.21. The Hall–Kier alpha value is -1.59. The summed E-state index contributed by atoms with van der Waals surface area (Å²) in [5.74, 6) is -1.85. The van der Waals surface area contributed by atoms with Gasteiger partial charge in [-0.15, -0.1) is 0 Å². The summed E-state index contributed by atoms with van der Waals surface area (Å²) in [5.41, 5.74) is 0.827. The molecule has 2 rings (SSSR count). The summed E-state index contributed by atoms with van der Waals surface area (Å²) >= 11 is 0. The van der Waals surface area contributed by atoms with Gasteiger partial charge < -0.3 is 19.7 Å². The number of aliphatic hydroxyl groups excluding tert-OH is 1. The number of fused-ring (bicyclic) bond motifs is 1. The number of hydrogen-bond donors (Lipinski definition) is 2. The van der Waals surface area contributed by atoms with Gasteiger partial charge in [0, 0.05) is 7.11 Å². The largest absolute Gasteiger partial charge is 0.511 e. The van der Waals surface area contributed by atoms with E-state index < -0.39 is 18.2 Å². The van der Waals surface area contributed by atoms with Gasteiger partial charge in [-0.05, 0) is 6.42 Å². The summed E-state index contributed by atoms with van der Waals surface area (Å²) < 4.78 is 10.5. The molecule has 0 bridgehead atoms. The van der Waals surface area contributed by atoms with Gasteiger partial charge in [-0.3, -0.25) is 0 Å². The fourth-order valence-corrected chi connectivity index (χ4v) is 2.21. The van der Waals surface area contributed by atoms with Crippen LogP contribution in [0.5, 0.6) is 0 Å². The highest BCUT2D eigenvalue weighted by Gasteiger charge is 2.40. The first kappa shape index (κ1) is 12.9. The molecule has 1 aliphatic carbocycles. The Morgan fingerprint density at radius 3 is 2.83 bits per heavy atom. The Labute approximate surface area is 105 Å². The van der Waals surface area contributed by atoms with Gasteiger partial charge in [0.2, 0.25) is 0 Å². The molecule has 0 spiro atoms. The molecule has 0 amide bonds. The highest BCUT2D eigenvalue weighted by atomic mass is 16.7. The van der Waals surface area contributed by atoms with E-state index in [-0.39, 0.29) is 17.4 Å². The predicted octanol–water partition coefficient (Wildman–Crippen LogP) is 1.78. The second kappa shape index (κ2) is 4.96. The van der Waals surface area contributed by atoms with E-state index in [1.54, 1.807) is 0 Å². The highest BCUT2D eigenvalue weighted by Crippen LogP contribution is 2.35. The Morgan fingerprint density at radius 1 is 1.56 bits per heavy atom. The molecule has 0 aromatic rings. The summed E-state index contributed by atoms with van der Waals surface area (Å²) in [4.78, 5) is 11.1. The zero-order valence-electron chi connectivity index (χ0n) is 10.3. The Morgan fingerprint density at radius 2 is 2.28 bits per heavy atom. The molecule has 0 aromatic carbocycles. The molecule has 0 aromatic heterocycles. The van der Waals surface area contributed by atoms with E-state index in [0.717, 1.165) is 12.0 Å². The minimum Gasteiger partial charge on any atom is -0.511 e. The number of aliphatic carboxylic acids is 1. The van der Waals surface area contributed by atoms with Crippen molar-refractivity contribution < 1.29 is 24.5 Å². The molecule has 5 heteroatoms. The van der Waals surface area contributed by atoms with Crippen LogP contribution in [0.1, 0.15) is 13.3 Å². The van der Waals surface area contributed by atoms with Crippen LogP contribution in [0.4, 0.5) is 0 Å². The third-order valence-electron chi connectivity index (χ3n) is 3.21. The topological polar surface area (TPSA) is 76.0 Å². The molecule has 1 heterocycles. The van der Waals surface area contributed by atoms with Crippen molar-refractivity contribution in [3.63, 3.8) is 0 Å². The van der Waals surface area contributed by atoms with Crippen LogP contribution in [0.2, 0.25) is 0 Å². The normalized spacial score (nSPS) is 31.0. The molecule has 2 aliphatic rings. The van der Waals surface area contributed by atoms with Gasteiger partial charge in [-0.25, -0.2) is 4.79 Å². The van der Waals surface area contributed by atoms with Gasteiger partial charge >= 0.3 is 5.97 Å². The minimum absolute atomic E-state index is 0.180. The molecule has 3 atom stereocenters. The van der Waals surface area contributed by atoms with E-state index in [1.165, 1.54) is 7.11 Å². The van der Waals surface area contributed by atoms with Crippen LogP contribution in [0.15, 0.2) is 35.1 Å². The summed E-state index contributed by atoms with van der Waals surface area (Å²) in [6.07, 6.45) is 4.99. The molecule has 0 saturated carbocycles. The van der Waals surface area contributed by atoms with Gasteiger partial charge in [-0.1, -0.05) is 30.7 Å². The van der Waals surface area contributed by atoms with Crippen molar-refractivity contribution in [2.45, 2.75) is 25.7 Å². The van der Waals surface area contributed by atoms with E-state index in [0.29, 0.717) is 0 Å². The molecule has 0 saturated heterocycles. The molecule has 0 radical (unpaired) electrons. The molecular formula is C13H16O5. The number of rotatable bonds is 3. The summed E-state index contributed by atoms with van der Waals surface area (Å²) in [6, 6.07) is 0. The van der Waals surface area contributed by atoms with Crippen LogP contribution in [0, 0.1) is 5.92 Å². The highest BCUT2D eigenvalue weighted by molar-refractivity contribution is 5.88. The van der Waals surface area contributed by atoms with E-state index in [9.17, 15) is 9.90 Å². The first-order chi connectivity index (χ1) is 8.58. The number of carboxylic acid groups (broad SMARTS) is 1. The quantitative estimate of drug-likeness (QED) is 0.800. The van der Waals surface area contributed by atoms with Crippen molar-refractivity contribution in [1.82, 2.24) is 0 Å². The summed E-state index contributed by atoms with van der Waals surface area (Å²) in [5, 5.41) is 19.2. The van der Waals surface area contributed by atoms with Crippen LogP contribution >= 0.6 is 0 Å². The number of allylic oxidation sites excluding steroid dienone is 2. The van der Waals surface area contributed by atoms with Gasteiger partial charge in [-0.2, -0.15) is 0 Å². The van der Waals surface area contributed by atoms with E-state index in [1.807, 2.05) is 25.2 Å². The molecular weight excluding hydrogens is 236 g/mol. The number of aliphatic hydroxyl groups is 1. The van der Waals surface area contributed by atoms with Crippen molar-refractivity contribution in [2.75, 3.05) is 7.11 Å². The second-order valence-electron chi connectivity index (χ2n) is 4.25. The lowest BCUT2D eigenvalue weighted by molar-refractivity contribution is -0.159. The molecule has 3 unspecified atom stereocenters. The standard InChI is InChI=1S/C13H16O5/c1-3-7-4-5-9-8(6-7)11(14)10(12(15)16)13(17-2)18-9/h4-6,8-9,13-14H,3H2,1-2H3,(H,15,16). The average molecular weight is 252 g/mol. The van der Waals surface area contributed by atoms with Crippen molar-refractivity contribution in [2.24, 2.45) is 5.92 Å². The molecule has 0 fully saturated rings. The fraction of sp³-hybridized carbons (Fsp3) is 0.462. The van der Waals surface area contributed by atoms with E-state index in [2.05, 4.69) is 0 Å². The first-order valence-electron chi connectivity index (χ1n) is 5.82. The average Bonchev–Trinajstić information content (AvgIpc) is 2.37. The molecule has 18 heavy (non-hydrogen) atoms. The minimum atomic E-state index is -1.22. The Balaban J connectivity index is 2.42. The van der Waals surface area contributed by atoms with Crippen LogP contribution in [0.25, 0.3) is 0 Å². The summed E-state index contributed by atoms with van der Waals surface area (Å²) in [7, 11) is 1.35. The zero-order valence-corrected chi connectivity index (χ0v) is 10.3.